The van der Waals surface area contributed by atoms with Crippen molar-refractivity contribution in [1.82, 2.24) is 4.98 Å². The van der Waals surface area contributed by atoms with Crippen LogP contribution in [0, 0.1) is 0 Å². The predicted molar refractivity (Wildman–Crippen MR) is 114 cm³/mol. The molecule has 1 fully saturated rings. The van der Waals surface area contributed by atoms with Gasteiger partial charge in [0.2, 0.25) is 5.88 Å². The first-order valence-electron chi connectivity index (χ1n) is 8.67. The van der Waals surface area contributed by atoms with Crippen LogP contribution in [0.5, 0.6) is 5.88 Å². The number of rotatable bonds is 4. The summed E-state index contributed by atoms with van der Waals surface area (Å²) in [6, 6.07) is 22.8. The number of thioether (sulfide) groups is 1. The van der Waals surface area contributed by atoms with Crippen LogP contribution in [0.4, 0.5) is 11.4 Å². The Labute approximate surface area is 167 Å². The molecule has 2 aromatic carbocycles. The first kappa shape index (κ1) is 18.0. The van der Waals surface area contributed by atoms with Crippen LogP contribution in [-0.2, 0) is 4.79 Å². The van der Waals surface area contributed by atoms with E-state index in [9.17, 15) is 4.79 Å². The monoisotopic (exact) mass is 387 g/mol. The molecule has 0 radical (unpaired) electrons. The fourth-order valence-corrected chi connectivity index (χ4v) is 3.74. The highest BCUT2D eigenvalue weighted by molar-refractivity contribution is 8.19. The highest BCUT2D eigenvalue weighted by atomic mass is 32.2. The quantitative estimate of drug-likeness (QED) is 0.598. The number of pyridine rings is 1. The largest absolute Gasteiger partial charge is 0.481 e. The first-order chi connectivity index (χ1) is 13.7. The van der Waals surface area contributed by atoms with Crippen molar-refractivity contribution in [2.45, 2.75) is 0 Å². The van der Waals surface area contributed by atoms with E-state index in [4.69, 9.17) is 9.73 Å². The average molecular weight is 387 g/mol. The van der Waals surface area contributed by atoms with Crippen LogP contribution in [0.2, 0.25) is 0 Å². The average Bonchev–Trinajstić information content (AvgIpc) is 3.04. The molecule has 0 saturated carbocycles. The number of amidine groups is 1. The molecule has 1 aliphatic rings. The number of hydrogen-bond acceptors (Lipinski definition) is 5. The second kappa shape index (κ2) is 8.10. The molecular weight excluding hydrogens is 370 g/mol. The van der Waals surface area contributed by atoms with Gasteiger partial charge < -0.3 is 4.74 Å². The van der Waals surface area contributed by atoms with Crippen molar-refractivity contribution in [1.29, 1.82) is 0 Å². The molecule has 0 N–H and O–H groups in total. The Balaban J connectivity index is 1.76. The van der Waals surface area contributed by atoms with Gasteiger partial charge in [0.25, 0.3) is 5.91 Å². The molecule has 0 aliphatic carbocycles. The number of carbonyl (C=O) groups excluding carboxylic acids is 1. The molecule has 2 heterocycles. The van der Waals surface area contributed by atoms with E-state index in [1.54, 1.807) is 24.3 Å². The molecule has 5 nitrogen and oxygen atoms in total. The maximum atomic E-state index is 13.2. The number of anilines is 1. The molecule has 3 aromatic rings. The Morgan fingerprint density at radius 1 is 1.04 bits per heavy atom. The summed E-state index contributed by atoms with van der Waals surface area (Å²) in [6.07, 6.45) is 3.49. The number of ether oxygens (including phenoxy) is 1. The second-order valence-corrected chi connectivity index (χ2v) is 6.96. The van der Waals surface area contributed by atoms with Crippen LogP contribution in [0.1, 0.15) is 5.56 Å². The van der Waals surface area contributed by atoms with Gasteiger partial charge in [-0.2, -0.15) is 0 Å². The van der Waals surface area contributed by atoms with Crippen molar-refractivity contribution in [2.75, 3.05) is 12.0 Å². The minimum Gasteiger partial charge on any atom is -0.481 e. The van der Waals surface area contributed by atoms with Gasteiger partial charge in [0.15, 0.2) is 5.17 Å². The summed E-state index contributed by atoms with van der Waals surface area (Å²) in [6.45, 7) is 0. The summed E-state index contributed by atoms with van der Waals surface area (Å²) in [5.74, 6) is 0.393. The summed E-state index contributed by atoms with van der Waals surface area (Å²) in [5.41, 5.74) is 2.42. The van der Waals surface area contributed by atoms with Gasteiger partial charge in [-0.05, 0) is 53.7 Å². The highest BCUT2D eigenvalue weighted by Crippen LogP contribution is 2.37. The number of carbonyl (C=O) groups is 1. The maximum Gasteiger partial charge on any atom is 0.271 e. The van der Waals surface area contributed by atoms with E-state index in [-0.39, 0.29) is 5.91 Å². The number of hydrogen-bond donors (Lipinski definition) is 0. The number of nitrogens with zero attached hydrogens (tertiary/aromatic N) is 3. The number of benzene rings is 2. The zero-order valence-electron chi connectivity index (χ0n) is 15.1. The third-order valence-corrected chi connectivity index (χ3v) is 5.04. The SMILES string of the molecule is COc1cc(/C=C2\S/C(=N\c3ccccc3)N(c3ccccc3)C2=O)ccn1. The summed E-state index contributed by atoms with van der Waals surface area (Å²) >= 11 is 1.35. The van der Waals surface area contributed by atoms with Crippen molar-refractivity contribution in [3.63, 3.8) is 0 Å². The number of aliphatic imine (C=N–C) groups is 1. The van der Waals surface area contributed by atoms with Gasteiger partial charge in [-0.15, -0.1) is 0 Å². The molecule has 1 aromatic heterocycles. The molecule has 1 amide bonds. The number of para-hydroxylation sites is 2. The molecule has 0 bridgehead atoms. The van der Waals surface area contributed by atoms with Gasteiger partial charge in [0, 0.05) is 12.3 Å². The predicted octanol–water partition coefficient (Wildman–Crippen LogP) is 4.90. The lowest BCUT2D eigenvalue weighted by Gasteiger charge is -2.15. The van der Waals surface area contributed by atoms with Crippen LogP contribution in [0.15, 0.2) is 88.9 Å². The van der Waals surface area contributed by atoms with Crippen LogP contribution in [0.3, 0.4) is 0 Å². The summed E-state index contributed by atoms with van der Waals surface area (Å²) in [7, 11) is 1.57. The summed E-state index contributed by atoms with van der Waals surface area (Å²) < 4.78 is 5.17. The van der Waals surface area contributed by atoms with Crippen molar-refractivity contribution < 1.29 is 9.53 Å². The third-order valence-electron chi connectivity index (χ3n) is 4.07. The highest BCUT2D eigenvalue weighted by Gasteiger charge is 2.34. The van der Waals surface area contributed by atoms with E-state index in [1.807, 2.05) is 72.8 Å². The van der Waals surface area contributed by atoms with Gasteiger partial charge in [-0.1, -0.05) is 36.4 Å². The van der Waals surface area contributed by atoms with Crippen molar-refractivity contribution in [2.24, 2.45) is 4.99 Å². The van der Waals surface area contributed by atoms with Gasteiger partial charge in [0.1, 0.15) is 0 Å². The maximum absolute atomic E-state index is 13.2. The molecular formula is C22H17N3O2S. The van der Waals surface area contributed by atoms with E-state index in [0.29, 0.717) is 16.0 Å². The molecule has 0 unspecified atom stereocenters. The molecule has 6 heteroatoms. The van der Waals surface area contributed by atoms with Crippen LogP contribution < -0.4 is 9.64 Å². The summed E-state index contributed by atoms with van der Waals surface area (Å²) in [5, 5.41) is 0.620. The minimum atomic E-state index is -0.110. The number of methoxy groups -OCH3 is 1. The van der Waals surface area contributed by atoms with Crippen molar-refractivity contribution in [3.05, 3.63) is 89.5 Å². The fourth-order valence-electron chi connectivity index (χ4n) is 2.74. The molecule has 28 heavy (non-hydrogen) atoms. The standard InChI is InChI=1S/C22H17N3O2S/c1-27-20-15-16(12-13-23-20)14-19-21(26)25(18-10-6-3-7-11-18)22(28-19)24-17-8-4-2-5-9-17/h2-15H,1H3/b19-14-,24-22-. The normalized spacial score (nSPS) is 16.8. The van der Waals surface area contributed by atoms with E-state index >= 15 is 0 Å². The smallest absolute Gasteiger partial charge is 0.271 e. The first-order valence-corrected chi connectivity index (χ1v) is 9.49. The summed E-state index contributed by atoms with van der Waals surface area (Å²) in [4.78, 5) is 24.2. The molecule has 1 saturated heterocycles. The van der Waals surface area contributed by atoms with Gasteiger partial charge in [0.05, 0.1) is 23.4 Å². The van der Waals surface area contributed by atoms with Gasteiger partial charge in [-0.25, -0.2) is 9.98 Å². The van der Waals surface area contributed by atoms with Gasteiger partial charge >= 0.3 is 0 Å². The van der Waals surface area contributed by atoms with E-state index in [1.165, 1.54) is 11.8 Å². The van der Waals surface area contributed by atoms with Crippen LogP contribution in [0.25, 0.3) is 6.08 Å². The molecule has 4 rings (SSSR count). The Morgan fingerprint density at radius 3 is 2.46 bits per heavy atom. The van der Waals surface area contributed by atoms with Crippen LogP contribution in [-0.4, -0.2) is 23.2 Å². The number of amides is 1. The third kappa shape index (κ3) is 3.82. The van der Waals surface area contributed by atoms with Gasteiger partial charge in [-0.3, -0.25) is 9.69 Å². The Morgan fingerprint density at radius 2 is 1.75 bits per heavy atom. The molecule has 1 aliphatic heterocycles. The lowest BCUT2D eigenvalue weighted by molar-refractivity contribution is -0.113. The zero-order valence-corrected chi connectivity index (χ0v) is 16.0. The second-order valence-electron chi connectivity index (χ2n) is 5.95. The van der Waals surface area contributed by atoms with Crippen LogP contribution >= 0.6 is 11.8 Å². The zero-order chi connectivity index (χ0) is 19.3. The Hall–Kier alpha value is -3.38. The van der Waals surface area contributed by atoms with Crippen molar-refractivity contribution >= 4 is 40.3 Å². The lowest BCUT2D eigenvalue weighted by Crippen LogP contribution is -2.28. The van der Waals surface area contributed by atoms with E-state index in [2.05, 4.69) is 4.98 Å². The Kier molecular flexibility index (Phi) is 5.21. The van der Waals surface area contributed by atoms with E-state index in [0.717, 1.165) is 16.9 Å². The van der Waals surface area contributed by atoms with Crippen molar-refractivity contribution in [3.8, 4) is 5.88 Å². The molecule has 0 spiro atoms. The fraction of sp³-hybridized carbons (Fsp3) is 0.0455. The Bertz CT molecular complexity index is 1050. The molecule has 138 valence electrons. The number of aromatic nitrogens is 1. The van der Waals surface area contributed by atoms with E-state index < -0.39 is 0 Å². The molecule has 0 atom stereocenters. The minimum absolute atomic E-state index is 0.110. The lowest BCUT2D eigenvalue weighted by atomic mass is 10.2. The topological polar surface area (TPSA) is 54.8 Å².